The Labute approximate surface area is 259 Å². The van der Waals surface area contributed by atoms with Gasteiger partial charge in [0.05, 0.1) is 32.0 Å². The fraction of sp³-hybridized carbons (Fsp3) is 0.645. The topological polar surface area (TPSA) is 190 Å². The highest BCUT2D eigenvalue weighted by Gasteiger charge is 2.35. The fourth-order valence-corrected chi connectivity index (χ4v) is 3.93. The van der Waals surface area contributed by atoms with Crippen LogP contribution in [0.5, 0.6) is 0 Å². The molecule has 0 aliphatic carbocycles. The second kappa shape index (κ2) is 18.3. The molecule has 0 fully saturated rings. The van der Waals surface area contributed by atoms with Crippen LogP contribution < -0.4 is 16.0 Å². The summed E-state index contributed by atoms with van der Waals surface area (Å²) in [4.78, 5) is 62.8. The van der Waals surface area contributed by atoms with Crippen molar-refractivity contribution in [3.8, 4) is 0 Å². The van der Waals surface area contributed by atoms with Gasteiger partial charge in [-0.15, -0.1) is 0 Å². The Morgan fingerprint density at radius 1 is 0.864 bits per heavy atom. The van der Waals surface area contributed by atoms with E-state index in [4.69, 9.17) is 14.2 Å². The first-order chi connectivity index (χ1) is 20.5. The molecule has 13 nitrogen and oxygen atoms in total. The molecule has 0 unspecified atom stereocenters. The molecule has 0 bridgehead atoms. The van der Waals surface area contributed by atoms with Crippen molar-refractivity contribution in [3.05, 3.63) is 35.9 Å². The molecule has 44 heavy (non-hydrogen) atoms. The summed E-state index contributed by atoms with van der Waals surface area (Å²) in [5, 5.41) is 28.0. The standard InChI is InChI=1S/C31H49N3O10/c1-18(2)24(34-30(41)44-31(6,7)8)27(38)33-25(21(5)36)28(39)32-23(17-42-16-22-12-10-9-11-13-22)29(40)43-15-20(4)26(37)19(3)14-35/h9-14,18-21,23-26,36-37H,15-17H2,1-8H3,(H,32,39)(H,33,38)(H,34,41)/t19-,20-,21+,23-,24-,25-,26-/m0/s1. The maximum absolute atomic E-state index is 13.3. The molecule has 5 N–H and O–H groups in total. The quantitative estimate of drug-likeness (QED) is 0.126. The van der Waals surface area contributed by atoms with E-state index < -0.39 is 77.6 Å². The molecule has 1 aromatic carbocycles. The van der Waals surface area contributed by atoms with Crippen LogP contribution in [0.1, 0.15) is 61.0 Å². The lowest BCUT2D eigenvalue weighted by molar-refractivity contribution is -0.153. The van der Waals surface area contributed by atoms with Crippen molar-refractivity contribution in [2.24, 2.45) is 17.8 Å². The van der Waals surface area contributed by atoms with Gasteiger partial charge in [-0.3, -0.25) is 9.59 Å². The van der Waals surface area contributed by atoms with E-state index in [1.54, 1.807) is 41.5 Å². The molecule has 0 heterocycles. The smallest absolute Gasteiger partial charge is 0.408 e. The molecule has 0 aliphatic heterocycles. The van der Waals surface area contributed by atoms with Gasteiger partial charge in [-0.1, -0.05) is 58.0 Å². The number of benzene rings is 1. The highest BCUT2D eigenvalue weighted by Crippen LogP contribution is 2.13. The first kappa shape index (κ1) is 38.5. The normalized spacial score (nSPS) is 16.3. The number of ether oxygens (including phenoxy) is 3. The maximum Gasteiger partial charge on any atom is 0.408 e. The number of hydrogen-bond donors (Lipinski definition) is 5. The third kappa shape index (κ3) is 13.8. The van der Waals surface area contributed by atoms with Crippen molar-refractivity contribution < 1.29 is 48.4 Å². The van der Waals surface area contributed by atoms with E-state index >= 15 is 0 Å². The van der Waals surface area contributed by atoms with Crippen molar-refractivity contribution in [1.82, 2.24) is 16.0 Å². The molecule has 7 atom stereocenters. The van der Waals surface area contributed by atoms with E-state index in [1.807, 2.05) is 30.3 Å². The van der Waals surface area contributed by atoms with Gasteiger partial charge in [0.2, 0.25) is 11.8 Å². The SMILES string of the molecule is CC(C)[C@H](NC(=O)OC(C)(C)C)C(=O)N[C@H](C(=O)N[C@@H](COCc1ccccc1)C(=O)OC[C@H](C)[C@@H](O)[C@@H](C)C=O)[C@@H](C)O. The van der Waals surface area contributed by atoms with Gasteiger partial charge < -0.3 is 45.2 Å². The zero-order chi connectivity index (χ0) is 33.6. The molecule has 0 aromatic heterocycles. The third-order valence-electron chi connectivity index (χ3n) is 6.51. The number of aliphatic hydroxyl groups is 2. The zero-order valence-electron chi connectivity index (χ0n) is 26.9. The number of aliphatic hydroxyl groups excluding tert-OH is 2. The van der Waals surface area contributed by atoms with E-state index in [2.05, 4.69) is 16.0 Å². The van der Waals surface area contributed by atoms with Crippen LogP contribution in [0.15, 0.2) is 30.3 Å². The first-order valence-corrected chi connectivity index (χ1v) is 14.7. The van der Waals surface area contributed by atoms with Crippen LogP contribution in [-0.2, 0) is 40.0 Å². The number of alkyl carbamates (subject to hydrolysis) is 1. The number of amides is 3. The molecule has 13 heteroatoms. The van der Waals surface area contributed by atoms with Crippen molar-refractivity contribution in [2.75, 3.05) is 13.2 Å². The Kier molecular flexibility index (Phi) is 16.0. The number of carbonyl (C=O) groups excluding carboxylic acids is 5. The van der Waals surface area contributed by atoms with Crippen molar-refractivity contribution in [3.63, 3.8) is 0 Å². The minimum absolute atomic E-state index is 0.120. The average Bonchev–Trinajstić information content (AvgIpc) is 2.94. The Morgan fingerprint density at radius 3 is 1.98 bits per heavy atom. The number of carbonyl (C=O) groups is 5. The second-order valence-corrected chi connectivity index (χ2v) is 12.2. The van der Waals surface area contributed by atoms with Gasteiger partial charge in [-0.2, -0.15) is 0 Å². The summed E-state index contributed by atoms with van der Waals surface area (Å²) in [5.41, 5.74) is 0.00994. The molecule has 0 saturated carbocycles. The summed E-state index contributed by atoms with van der Waals surface area (Å²) >= 11 is 0. The minimum atomic E-state index is -1.51. The Balaban J connectivity index is 3.05. The molecule has 1 rings (SSSR count). The van der Waals surface area contributed by atoms with Crippen LogP contribution in [0.3, 0.4) is 0 Å². The van der Waals surface area contributed by atoms with Crippen LogP contribution in [0.2, 0.25) is 0 Å². The van der Waals surface area contributed by atoms with Crippen LogP contribution in [0.25, 0.3) is 0 Å². The van der Waals surface area contributed by atoms with E-state index in [9.17, 15) is 34.2 Å². The number of hydrogen-bond acceptors (Lipinski definition) is 10. The molecular formula is C31H49N3O10. The molecule has 248 valence electrons. The lowest BCUT2D eigenvalue weighted by Gasteiger charge is -2.28. The van der Waals surface area contributed by atoms with Gasteiger partial charge in [-0.25, -0.2) is 9.59 Å². The number of aldehydes is 1. The predicted octanol–water partition coefficient (Wildman–Crippen LogP) is 1.48. The average molecular weight is 624 g/mol. The van der Waals surface area contributed by atoms with Crippen molar-refractivity contribution >= 4 is 30.2 Å². The van der Waals surface area contributed by atoms with E-state index in [0.717, 1.165) is 5.56 Å². The van der Waals surface area contributed by atoms with Crippen LogP contribution >= 0.6 is 0 Å². The van der Waals surface area contributed by atoms with E-state index in [-0.39, 0.29) is 19.8 Å². The molecule has 0 spiro atoms. The number of rotatable bonds is 17. The predicted molar refractivity (Wildman–Crippen MR) is 161 cm³/mol. The Bertz CT molecular complexity index is 1070. The monoisotopic (exact) mass is 623 g/mol. The minimum Gasteiger partial charge on any atom is -0.464 e. The molecule has 0 radical (unpaired) electrons. The van der Waals surface area contributed by atoms with Crippen LogP contribution in [0, 0.1) is 17.8 Å². The lowest BCUT2D eigenvalue weighted by Crippen LogP contribution is -2.60. The molecule has 3 amide bonds. The highest BCUT2D eigenvalue weighted by atomic mass is 16.6. The van der Waals surface area contributed by atoms with Gasteiger partial charge in [-0.05, 0) is 39.2 Å². The summed E-state index contributed by atoms with van der Waals surface area (Å²) in [6.07, 6.45) is -2.68. The summed E-state index contributed by atoms with van der Waals surface area (Å²) in [7, 11) is 0. The maximum atomic E-state index is 13.3. The second-order valence-electron chi connectivity index (χ2n) is 12.2. The largest absolute Gasteiger partial charge is 0.464 e. The lowest BCUT2D eigenvalue weighted by atomic mass is 9.95. The Morgan fingerprint density at radius 2 is 1.45 bits per heavy atom. The highest BCUT2D eigenvalue weighted by molar-refractivity contribution is 5.93. The van der Waals surface area contributed by atoms with Gasteiger partial charge in [0.15, 0.2) is 6.04 Å². The fourth-order valence-electron chi connectivity index (χ4n) is 3.93. The third-order valence-corrected chi connectivity index (χ3v) is 6.51. The first-order valence-electron chi connectivity index (χ1n) is 14.7. The summed E-state index contributed by atoms with van der Waals surface area (Å²) in [6, 6.07) is 5.14. The van der Waals surface area contributed by atoms with Gasteiger partial charge in [0.25, 0.3) is 0 Å². The molecule has 1 aromatic rings. The van der Waals surface area contributed by atoms with Gasteiger partial charge in [0.1, 0.15) is 24.0 Å². The number of nitrogens with one attached hydrogen (secondary N) is 3. The summed E-state index contributed by atoms with van der Waals surface area (Å²) in [5.74, 6) is -4.21. The summed E-state index contributed by atoms with van der Waals surface area (Å²) < 4.78 is 16.2. The Hall–Kier alpha value is -3.55. The van der Waals surface area contributed by atoms with Crippen LogP contribution in [0.4, 0.5) is 4.79 Å². The summed E-state index contributed by atoms with van der Waals surface area (Å²) in [6.45, 7) is 12.4. The zero-order valence-corrected chi connectivity index (χ0v) is 26.9. The molecular weight excluding hydrogens is 574 g/mol. The molecule has 0 saturated heterocycles. The van der Waals surface area contributed by atoms with Gasteiger partial charge >= 0.3 is 12.1 Å². The van der Waals surface area contributed by atoms with E-state index in [0.29, 0.717) is 6.29 Å². The van der Waals surface area contributed by atoms with Crippen LogP contribution in [-0.4, -0.2) is 89.5 Å². The number of esters is 1. The van der Waals surface area contributed by atoms with E-state index in [1.165, 1.54) is 13.8 Å². The van der Waals surface area contributed by atoms with Crippen molar-refractivity contribution in [1.29, 1.82) is 0 Å². The van der Waals surface area contributed by atoms with Crippen molar-refractivity contribution in [2.45, 2.75) is 97.9 Å². The molecule has 0 aliphatic rings. The van der Waals surface area contributed by atoms with Gasteiger partial charge in [0, 0.05) is 11.8 Å².